The van der Waals surface area contributed by atoms with Crippen molar-refractivity contribution in [2.45, 2.75) is 25.9 Å². The van der Waals surface area contributed by atoms with Gasteiger partial charge in [-0.15, -0.1) is 0 Å². The van der Waals surface area contributed by atoms with Crippen LogP contribution in [-0.4, -0.2) is 34.2 Å². The quantitative estimate of drug-likeness (QED) is 0.456. The van der Waals surface area contributed by atoms with E-state index >= 15 is 0 Å². The van der Waals surface area contributed by atoms with Gasteiger partial charge in [-0.05, 0) is 13.3 Å². The molecule has 112 valence electrons. The van der Waals surface area contributed by atoms with Crippen LogP contribution in [0.15, 0.2) is 6.33 Å². The smallest absolute Gasteiger partial charge is 0.364 e. The second-order valence-electron chi connectivity index (χ2n) is 3.85. The number of halogens is 3. The Balaban J connectivity index is 2.74. The summed E-state index contributed by atoms with van der Waals surface area (Å²) in [5.41, 5.74) is -0.374. The summed E-state index contributed by atoms with van der Waals surface area (Å²) in [5.74, 6) is -0.0612. The average molecular weight is 293 g/mol. The van der Waals surface area contributed by atoms with Crippen molar-refractivity contribution < 1.29 is 18.1 Å². The van der Waals surface area contributed by atoms with Crippen LogP contribution in [0.5, 0.6) is 0 Å². The fourth-order valence-corrected chi connectivity index (χ4v) is 1.47. The minimum Gasteiger partial charge on any atom is -0.364 e. The Hall–Kier alpha value is -2.13. The number of nitro groups is 1. The van der Waals surface area contributed by atoms with Crippen LogP contribution < -0.4 is 10.6 Å². The minimum absolute atomic E-state index is 0.0332. The number of nitrogens with one attached hydrogen (secondary N) is 2. The number of rotatable bonds is 7. The maximum atomic E-state index is 12.0. The molecular weight excluding hydrogens is 279 g/mol. The third kappa shape index (κ3) is 4.86. The van der Waals surface area contributed by atoms with E-state index in [9.17, 15) is 23.3 Å². The summed E-state index contributed by atoms with van der Waals surface area (Å²) < 4.78 is 35.9. The van der Waals surface area contributed by atoms with Crippen molar-refractivity contribution in [1.82, 2.24) is 9.97 Å². The Bertz CT molecular complexity index is 467. The number of nitrogens with zero attached hydrogens (tertiary/aromatic N) is 3. The first kappa shape index (κ1) is 15.9. The molecule has 0 aliphatic carbocycles. The van der Waals surface area contributed by atoms with Crippen molar-refractivity contribution in [1.29, 1.82) is 0 Å². The van der Waals surface area contributed by atoms with Gasteiger partial charge in [-0.2, -0.15) is 13.2 Å². The molecule has 0 radical (unpaired) electrons. The lowest BCUT2D eigenvalue weighted by atomic mass is 10.3. The topological polar surface area (TPSA) is 93.0 Å². The van der Waals surface area contributed by atoms with Crippen molar-refractivity contribution in [3.8, 4) is 0 Å². The third-order valence-corrected chi connectivity index (χ3v) is 2.28. The highest BCUT2D eigenvalue weighted by Crippen LogP contribution is 2.29. The van der Waals surface area contributed by atoms with Gasteiger partial charge >= 0.3 is 11.9 Å². The maximum absolute atomic E-state index is 12.0. The van der Waals surface area contributed by atoms with Crippen LogP contribution >= 0.6 is 0 Å². The summed E-state index contributed by atoms with van der Waals surface area (Å²) in [6, 6.07) is 0. The van der Waals surface area contributed by atoms with Crippen molar-refractivity contribution in [2.24, 2.45) is 0 Å². The van der Waals surface area contributed by atoms with Crippen molar-refractivity contribution in [3.63, 3.8) is 0 Å². The number of aromatic nitrogens is 2. The van der Waals surface area contributed by atoms with E-state index in [1.54, 1.807) is 6.92 Å². The molecule has 1 heterocycles. The molecule has 1 aromatic heterocycles. The van der Waals surface area contributed by atoms with Crippen LogP contribution in [-0.2, 0) is 0 Å². The van der Waals surface area contributed by atoms with Crippen LogP contribution in [0.4, 0.5) is 30.5 Å². The monoisotopic (exact) mass is 293 g/mol. The molecule has 0 aliphatic heterocycles. The summed E-state index contributed by atoms with van der Waals surface area (Å²) in [6.45, 7) is 2.09. The van der Waals surface area contributed by atoms with Crippen LogP contribution in [0.2, 0.25) is 0 Å². The van der Waals surface area contributed by atoms with E-state index in [-0.39, 0.29) is 30.3 Å². The highest BCUT2D eigenvalue weighted by atomic mass is 19.4. The number of alkyl halides is 3. The third-order valence-electron chi connectivity index (χ3n) is 2.28. The van der Waals surface area contributed by atoms with Crippen molar-refractivity contribution >= 4 is 17.3 Å². The zero-order valence-electron chi connectivity index (χ0n) is 10.7. The SMILES string of the molecule is CCNc1ncnc(NCCCC(F)(F)F)c1[N+](=O)[O-]. The molecule has 0 bridgehead atoms. The predicted molar refractivity (Wildman–Crippen MR) is 66.6 cm³/mol. The van der Waals surface area contributed by atoms with Gasteiger partial charge in [-0.25, -0.2) is 9.97 Å². The van der Waals surface area contributed by atoms with E-state index in [1.165, 1.54) is 0 Å². The van der Waals surface area contributed by atoms with Crippen LogP contribution in [0, 0.1) is 10.1 Å². The van der Waals surface area contributed by atoms with Crippen molar-refractivity contribution in [2.75, 3.05) is 23.7 Å². The van der Waals surface area contributed by atoms with Gasteiger partial charge in [0.1, 0.15) is 6.33 Å². The molecule has 20 heavy (non-hydrogen) atoms. The van der Waals surface area contributed by atoms with Gasteiger partial charge < -0.3 is 10.6 Å². The molecule has 7 nitrogen and oxygen atoms in total. The molecule has 0 aromatic carbocycles. The molecule has 0 fully saturated rings. The Labute approximate surface area is 112 Å². The van der Waals surface area contributed by atoms with Gasteiger partial charge in [0.15, 0.2) is 0 Å². The average Bonchev–Trinajstić information content (AvgIpc) is 2.33. The molecule has 0 spiro atoms. The standard InChI is InChI=1S/C10H14F3N5O2/c1-2-14-8-7(18(19)20)9(17-6-16-8)15-5-3-4-10(11,12)13/h6H,2-5H2,1H3,(H2,14,15,16,17). The maximum Gasteiger partial charge on any atom is 0.389 e. The van der Waals surface area contributed by atoms with E-state index in [1.807, 2.05) is 0 Å². The Morgan fingerprint density at radius 3 is 2.40 bits per heavy atom. The Morgan fingerprint density at radius 1 is 1.30 bits per heavy atom. The normalized spacial score (nSPS) is 11.2. The molecular formula is C10H14F3N5O2. The lowest BCUT2D eigenvalue weighted by Crippen LogP contribution is -2.13. The highest BCUT2D eigenvalue weighted by Gasteiger charge is 2.26. The molecule has 0 unspecified atom stereocenters. The molecule has 0 atom stereocenters. The first-order valence-corrected chi connectivity index (χ1v) is 5.89. The lowest BCUT2D eigenvalue weighted by molar-refractivity contribution is -0.383. The summed E-state index contributed by atoms with van der Waals surface area (Å²) in [6.07, 6.45) is -4.29. The predicted octanol–water partition coefficient (Wildman–Crippen LogP) is 2.57. The summed E-state index contributed by atoms with van der Waals surface area (Å²) in [7, 11) is 0. The highest BCUT2D eigenvalue weighted by molar-refractivity contribution is 5.69. The van der Waals surface area contributed by atoms with E-state index < -0.39 is 17.5 Å². The molecule has 0 amide bonds. The Morgan fingerprint density at radius 2 is 1.90 bits per heavy atom. The summed E-state index contributed by atoms with van der Waals surface area (Å²) >= 11 is 0. The molecule has 1 aromatic rings. The zero-order chi connectivity index (χ0) is 15.2. The molecule has 2 N–H and O–H groups in total. The van der Waals surface area contributed by atoms with E-state index in [4.69, 9.17) is 0 Å². The van der Waals surface area contributed by atoms with Gasteiger partial charge in [-0.3, -0.25) is 10.1 Å². The fraction of sp³-hybridized carbons (Fsp3) is 0.600. The van der Waals surface area contributed by atoms with Gasteiger partial charge in [0.25, 0.3) is 0 Å². The molecule has 0 saturated carbocycles. The first-order chi connectivity index (χ1) is 9.35. The molecule has 0 saturated heterocycles. The molecule has 0 aliphatic rings. The second kappa shape index (κ2) is 6.87. The van der Waals surface area contributed by atoms with Gasteiger partial charge in [0, 0.05) is 19.5 Å². The van der Waals surface area contributed by atoms with E-state index in [2.05, 4.69) is 20.6 Å². The van der Waals surface area contributed by atoms with Gasteiger partial charge in [-0.1, -0.05) is 0 Å². The molecule has 1 rings (SSSR count). The fourth-order valence-electron chi connectivity index (χ4n) is 1.47. The van der Waals surface area contributed by atoms with Crippen LogP contribution in [0.1, 0.15) is 19.8 Å². The Kier molecular flexibility index (Phi) is 5.47. The van der Waals surface area contributed by atoms with Crippen molar-refractivity contribution in [3.05, 3.63) is 16.4 Å². The summed E-state index contributed by atoms with van der Waals surface area (Å²) in [4.78, 5) is 17.7. The van der Waals surface area contributed by atoms with Crippen LogP contribution in [0.25, 0.3) is 0 Å². The first-order valence-electron chi connectivity index (χ1n) is 5.89. The second-order valence-corrected chi connectivity index (χ2v) is 3.85. The van der Waals surface area contributed by atoms with Crippen LogP contribution in [0.3, 0.4) is 0 Å². The minimum atomic E-state index is -4.24. The largest absolute Gasteiger partial charge is 0.389 e. The number of hydrogen-bond donors (Lipinski definition) is 2. The summed E-state index contributed by atoms with van der Waals surface area (Å²) in [5, 5.41) is 16.2. The van der Waals surface area contributed by atoms with E-state index in [0.29, 0.717) is 6.54 Å². The van der Waals surface area contributed by atoms with E-state index in [0.717, 1.165) is 6.33 Å². The number of anilines is 2. The molecule has 10 heteroatoms. The van der Waals surface area contributed by atoms with Gasteiger partial charge in [0.2, 0.25) is 11.6 Å². The lowest BCUT2D eigenvalue weighted by Gasteiger charge is -2.09. The van der Waals surface area contributed by atoms with Gasteiger partial charge in [0.05, 0.1) is 4.92 Å². The zero-order valence-corrected chi connectivity index (χ0v) is 10.7. The number of hydrogen-bond acceptors (Lipinski definition) is 6.